The minimum absolute atomic E-state index is 0.0449. The monoisotopic (exact) mass is 339 g/mol. The van der Waals surface area contributed by atoms with Crippen LogP contribution in [0.4, 0.5) is 0 Å². The highest BCUT2D eigenvalue weighted by molar-refractivity contribution is 6.32. The molecule has 5 nitrogen and oxygen atoms in total. The first-order valence-corrected chi connectivity index (χ1v) is 7.85. The standard InChI is InChI=1S/C17H15BClN3O2/c1-9(2)23-14-5-4-11(8-13(14)19)17-21-16(22-24-17)12-6-7-20-15(18)10(12)3/h4-9H,1-3H3. The van der Waals surface area contributed by atoms with Crippen LogP contribution in [0.2, 0.25) is 5.02 Å². The van der Waals surface area contributed by atoms with Crippen LogP contribution in [0.1, 0.15) is 19.4 Å². The summed E-state index contributed by atoms with van der Waals surface area (Å²) in [5.74, 6) is 1.45. The number of pyridine rings is 1. The molecule has 3 aromatic rings. The van der Waals surface area contributed by atoms with E-state index in [0.29, 0.717) is 28.1 Å². The summed E-state index contributed by atoms with van der Waals surface area (Å²) in [6.45, 7) is 5.75. The Morgan fingerprint density at radius 1 is 1.25 bits per heavy atom. The highest BCUT2D eigenvalue weighted by Gasteiger charge is 2.15. The lowest BCUT2D eigenvalue weighted by molar-refractivity contribution is 0.242. The van der Waals surface area contributed by atoms with E-state index in [2.05, 4.69) is 15.1 Å². The van der Waals surface area contributed by atoms with Gasteiger partial charge >= 0.3 is 0 Å². The van der Waals surface area contributed by atoms with Crippen LogP contribution in [-0.4, -0.2) is 29.1 Å². The van der Waals surface area contributed by atoms with Gasteiger partial charge in [-0.15, -0.1) is 0 Å². The normalized spacial score (nSPS) is 11.0. The minimum Gasteiger partial charge on any atom is -0.489 e. The molecule has 7 heteroatoms. The molecule has 0 atom stereocenters. The van der Waals surface area contributed by atoms with Gasteiger partial charge in [0, 0.05) is 17.3 Å². The number of rotatable bonds is 4. The third-order valence-corrected chi connectivity index (χ3v) is 3.75. The molecule has 2 heterocycles. The van der Waals surface area contributed by atoms with Crippen LogP contribution in [0.5, 0.6) is 5.75 Å². The molecule has 24 heavy (non-hydrogen) atoms. The van der Waals surface area contributed by atoms with Crippen molar-refractivity contribution >= 4 is 25.0 Å². The molecule has 0 aliphatic carbocycles. The molecule has 2 aromatic heterocycles. The average Bonchev–Trinajstić information content (AvgIpc) is 3.01. The molecule has 120 valence electrons. The molecule has 0 bridgehead atoms. The molecule has 1 aromatic carbocycles. The Bertz CT molecular complexity index is 880. The molecule has 0 aliphatic heterocycles. The number of benzene rings is 1. The average molecular weight is 340 g/mol. The highest BCUT2D eigenvalue weighted by atomic mass is 35.5. The van der Waals surface area contributed by atoms with E-state index in [-0.39, 0.29) is 6.10 Å². The quantitative estimate of drug-likeness (QED) is 0.682. The van der Waals surface area contributed by atoms with Gasteiger partial charge in [-0.2, -0.15) is 4.98 Å². The molecule has 0 spiro atoms. The summed E-state index contributed by atoms with van der Waals surface area (Å²) in [5.41, 5.74) is 2.75. The van der Waals surface area contributed by atoms with E-state index in [9.17, 15) is 0 Å². The van der Waals surface area contributed by atoms with Crippen molar-refractivity contribution in [1.29, 1.82) is 0 Å². The summed E-state index contributed by atoms with van der Waals surface area (Å²) in [6.07, 6.45) is 1.66. The second kappa shape index (κ2) is 6.65. The molecule has 0 saturated carbocycles. The predicted octanol–water partition coefficient (Wildman–Crippen LogP) is 3.34. The maximum atomic E-state index is 6.25. The first-order chi connectivity index (χ1) is 11.5. The van der Waals surface area contributed by atoms with Gasteiger partial charge in [0.05, 0.1) is 11.1 Å². The van der Waals surface area contributed by atoms with Crippen molar-refractivity contribution in [3.63, 3.8) is 0 Å². The van der Waals surface area contributed by atoms with Crippen molar-refractivity contribution in [3.8, 4) is 28.6 Å². The summed E-state index contributed by atoms with van der Waals surface area (Å²) < 4.78 is 11.0. The summed E-state index contributed by atoms with van der Waals surface area (Å²) in [5, 5.41) is 4.51. The van der Waals surface area contributed by atoms with Gasteiger partial charge in [0.2, 0.25) is 5.82 Å². The largest absolute Gasteiger partial charge is 0.489 e. The molecule has 0 unspecified atom stereocenters. The molecular weight excluding hydrogens is 324 g/mol. The first-order valence-electron chi connectivity index (χ1n) is 7.47. The van der Waals surface area contributed by atoms with Crippen LogP contribution in [-0.2, 0) is 0 Å². The second-order valence-electron chi connectivity index (χ2n) is 5.60. The third-order valence-electron chi connectivity index (χ3n) is 3.45. The number of nitrogens with zero attached hydrogens (tertiary/aromatic N) is 3. The number of aromatic nitrogens is 3. The van der Waals surface area contributed by atoms with Crippen molar-refractivity contribution in [2.24, 2.45) is 0 Å². The van der Waals surface area contributed by atoms with Crippen LogP contribution in [0.15, 0.2) is 35.0 Å². The van der Waals surface area contributed by atoms with E-state index in [4.69, 9.17) is 28.7 Å². The van der Waals surface area contributed by atoms with Crippen molar-refractivity contribution in [3.05, 3.63) is 41.0 Å². The Morgan fingerprint density at radius 2 is 2.04 bits per heavy atom. The third kappa shape index (κ3) is 3.29. The maximum Gasteiger partial charge on any atom is 0.258 e. The minimum atomic E-state index is 0.0449. The van der Waals surface area contributed by atoms with Gasteiger partial charge in [0.1, 0.15) is 13.6 Å². The zero-order chi connectivity index (χ0) is 17.3. The molecule has 2 radical (unpaired) electrons. The number of ether oxygens (including phenoxy) is 1. The summed E-state index contributed by atoms with van der Waals surface area (Å²) in [6, 6.07) is 7.16. The molecule has 0 N–H and O–H groups in total. The van der Waals surface area contributed by atoms with E-state index in [0.717, 1.165) is 16.7 Å². The highest BCUT2D eigenvalue weighted by Crippen LogP contribution is 2.31. The lowest BCUT2D eigenvalue weighted by atomic mass is 9.95. The first kappa shape index (κ1) is 16.5. The number of hydrogen-bond donors (Lipinski definition) is 0. The van der Waals surface area contributed by atoms with Gasteiger partial charge in [-0.25, -0.2) is 0 Å². The van der Waals surface area contributed by atoms with Crippen LogP contribution in [0.25, 0.3) is 22.8 Å². The van der Waals surface area contributed by atoms with E-state index >= 15 is 0 Å². The maximum absolute atomic E-state index is 6.25. The fourth-order valence-corrected chi connectivity index (χ4v) is 2.45. The summed E-state index contributed by atoms with van der Waals surface area (Å²) in [7, 11) is 5.82. The zero-order valence-corrected chi connectivity index (χ0v) is 14.3. The summed E-state index contributed by atoms with van der Waals surface area (Å²) in [4.78, 5) is 8.46. The van der Waals surface area contributed by atoms with E-state index in [1.165, 1.54) is 0 Å². The SMILES string of the molecule is [B]c1nccc(-c2noc(-c3ccc(OC(C)C)c(Cl)c3)n2)c1C. The second-order valence-corrected chi connectivity index (χ2v) is 6.01. The van der Waals surface area contributed by atoms with Crippen molar-refractivity contribution in [2.45, 2.75) is 26.9 Å². The van der Waals surface area contributed by atoms with Crippen molar-refractivity contribution < 1.29 is 9.26 Å². The van der Waals surface area contributed by atoms with Crippen LogP contribution < -0.4 is 10.3 Å². The Balaban J connectivity index is 1.93. The molecule has 0 aliphatic rings. The van der Waals surface area contributed by atoms with Gasteiger partial charge in [0.25, 0.3) is 5.89 Å². The van der Waals surface area contributed by atoms with E-state index < -0.39 is 0 Å². The number of halogens is 1. The topological polar surface area (TPSA) is 61.0 Å². The zero-order valence-electron chi connectivity index (χ0n) is 13.6. The van der Waals surface area contributed by atoms with Gasteiger partial charge in [-0.3, -0.25) is 4.98 Å². The van der Waals surface area contributed by atoms with Gasteiger partial charge in [-0.1, -0.05) is 16.8 Å². The predicted molar refractivity (Wildman–Crippen MR) is 93.9 cm³/mol. The Hall–Kier alpha value is -2.34. The fourth-order valence-electron chi connectivity index (χ4n) is 2.23. The van der Waals surface area contributed by atoms with E-state index in [1.54, 1.807) is 24.4 Å². The molecule has 0 amide bonds. The van der Waals surface area contributed by atoms with Gasteiger partial charge in [-0.05, 0) is 56.2 Å². The molecule has 3 rings (SSSR count). The number of hydrogen-bond acceptors (Lipinski definition) is 5. The van der Waals surface area contributed by atoms with Crippen LogP contribution in [0.3, 0.4) is 0 Å². The van der Waals surface area contributed by atoms with Crippen molar-refractivity contribution in [1.82, 2.24) is 15.1 Å². The molecule has 0 fully saturated rings. The smallest absolute Gasteiger partial charge is 0.258 e. The molecular formula is C17H15BClN3O2. The Kier molecular flexibility index (Phi) is 4.58. The Labute approximate surface area is 146 Å². The van der Waals surface area contributed by atoms with Gasteiger partial charge < -0.3 is 9.26 Å². The Morgan fingerprint density at radius 3 is 2.75 bits per heavy atom. The van der Waals surface area contributed by atoms with Crippen LogP contribution in [0, 0.1) is 6.92 Å². The van der Waals surface area contributed by atoms with Crippen molar-refractivity contribution in [2.75, 3.05) is 0 Å². The van der Waals surface area contributed by atoms with Crippen LogP contribution >= 0.6 is 11.6 Å². The molecule has 0 saturated heterocycles. The lowest BCUT2D eigenvalue weighted by Crippen LogP contribution is -2.12. The summed E-state index contributed by atoms with van der Waals surface area (Å²) >= 11 is 6.25. The lowest BCUT2D eigenvalue weighted by Gasteiger charge is -2.11. The fraction of sp³-hybridized carbons (Fsp3) is 0.235. The van der Waals surface area contributed by atoms with E-state index in [1.807, 2.05) is 26.8 Å². The van der Waals surface area contributed by atoms with Gasteiger partial charge in [0.15, 0.2) is 0 Å².